The Morgan fingerprint density at radius 2 is 2.00 bits per heavy atom. The zero-order valence-corrected chi connectivity index (χ0v) is 13.7. The normalized spacial score (nSPS) is 10.5. The summed E-state index contributed by atoms with van der Waals surface area (Å²) in [5.41, 5.74) is 0.827. The molecular formula is C15H17Cl2N3O. The molecule has 0 bridgehead atoms. The average molecular weight is 326 g/mol. The zero-order valence-electron chi connectivity index (χ0n) is 12.2. The highest BCUT2D eigenvalue weighted by atomic mass is 35.5. The van der Waals surface area contributed by atoms with Crippen LogP contribution in [0.1, 0.15) is 24.7 Å². The van der Waals surface area contributed by atoms with Gasteiger partial charge in [0.1, 0.15) is 22.4 Å². The van der Waals surface area contributed by atoms with E-state index in [9.17, 15) is 0 Å². The van der Waals surface area contributed by atoms with E-state index in [0.29, 0.717) is 21.7 Å². The lowest BCUT2D eigenvalue weighted by Gasteiger charge is -2.13. The molecule has 2 rings (SSSR count). The van der Waals surface area contributed by atoms with E-state index in [1.54, 1.807) is 18.2 Å². The fraction of sp³-hybridized carbons (Fsp3) is 0.333. The van der Waals surface area contributed by atoms with Crippen LogP contribution < -0.4 is 10.1 Å². The quantitative estimate of drug-likeness (QED) is 0.851. The zero-order chi connectivity index (χ0) is 15.4. The first-order valence-corrected chi connectivity index (χ1v) is 7.49. The number of anilines is 1. The van der Waals surface area contributed by atoms with Crippen LogP contribution in [0.25, 0.3) is 0 Å². The van der Waals surface area contributed by atoms with E-state index in [2.05, 4.69) is 22.2 Å². The number of benzene rings is 1. The van der Waals surface area contributed by atoms with Gasteiger partial charge in [-0.1, -0.05) is 36.2 Å². The van der Waals surface area contributed by atoms with Gasteiger partial charge in [0.15, 0.2) is 0 Å². The molecule has 2 aromatic rings. The maximum atomic E-state index is 6.15. The van der Waals surface area contributed by atoms with Crippen LogP contribution in [0.15, 0.2) is 18.2 Å². The van der Waals surface area contributed by atoms with Gasteiger partial charge in [-0.25, -0.2) is 4.98 Å². The molecule has 1 aromatic heterocycles. The second-order valence-electron chi connectivity index (χ2n) is 4.57. The summed E-state index contributed by atoms with van der Waals surface area (Å²) >= 11 is 12.2. The third-order valence-corrected chi connectivity index (χ3v) is 3.78. The van der Waals surface area contributed by atoms with Crippen LogP contribution in [0.4, 0.5) is 5.82 Å². The standard InChI is InChI=1S/C15H17Cl2N3O/c1-4-6-12-19-14(18-3)9(2)15(20-12)21-11-8-5-7-10(16)13(11)17/h5,7-8H,4,6H2,1-3H3,(H,18,19,20). The number of ether oxygens (including phenoxy) is 1. The number of hydrogen-bond acceptors (Lipinski definition) is 4. The minimum atomic E-state index is 0.375. The van der Waals surface area contributed by atoms with Gasteiger partial charge < -0.3 is 10.1 Å². The molecule has 1 heterocycles. The predicted octanol–water partition coefficient (Wildman–Crippen LogP) is 4.88. The summed E-state index contributed by atoms with van der Waals surface area (Å²) in [6.45, 7) is 3.98. The summed E-state index contributed by atoms with van der Waals surface area (Å²) < 4.78 is 5.84. The van der Waals surface area contributed by atoms with Gasteiger partial charge in [-0.15, -0.1) is 0 Å². The highest BCUT2D eigenvalue weighted by Gasteiger charge is 2.14. The van der Waals surface area contributed by atoms with Gasteiger partial charge in [0.25, 0.3) is 0 Å². The molecule has 21 heavy (non-hydrogen) atoms. The van der Waals surface area contributed by atoms with Crippen molar-refractivity contribution in [3.8, 4) is 11.6 Å². The Balaban J connectivity index is 2.42. The maximum absolute atomic E-state index is 6.15. The molecule has 0 aliphatic heterocycles. The minimum absolute atomic E-state index is 0.375. The van der Waals surface area contributed by atoms with E-state index >= 15 is 0 Å². The van der Waals surface area contributed by atoms with E-state index in [4.69, 9.17) is 27.9 Å². The highest BCUT2D eigenvalue weighted by molar-refractivity contribution is 6.42. The molecule has 4 nitrogen and oxygen atoms in total. The Hall–Kier alpha value is -1.52. The lowest BCUT2D eigenvalue weighted by atomic mass is 10.2. The van der Waals surface area contributed by atoms with Crippen LogP contribution in [-0.2, 0) is 6.42 Å². The second-order valence-corrected chi connectivity index (χ2v) is 5.36. The molecule has 0 aliphatic rings. The molecule has 0 amide bonds. The van der Waals surface area contributed by atoms with Crippen molar-refractivity contribution >= 4 is 29.0 Å². The second kappa shape index (κ2) is 6.96. The van der Waals surface area contributed by atoms with Crippen molar-refractivity contribution in [3.05, 3.63) is 39.6 Å². The molecule has 0 atom stereocenters. The smallest absolute Gasteiger partial charge is 0.227 e. The monoisotopic (exact) mass is 325 g/mol. The first-order chi connectivity index (χ1) is 10.1. The average Bonchev–Trinajstić information content (AvgIpc) is 2.47. The van der Waals surface area contributed by atoms with Crippen LogP contribution in [-0.4, -0.2) is 17.0 Å². The van der Waals surface area contributed by atoms with Gasteiger partial charge in [0.2, 0.25) is 5.88 Å². The summed E-state index contributed by atoms with van der Waals surface area (Å²) in [7, 11) is 1.82. The Labute approximate surface area is 134 Å². The molecule has 0 radical (unpaired) electrons. The van der Waals surface area contributed by atoms with Crippen LogP contribution in [0, 0.1) is 6.92 Å². The van der Waals surface area contributed by atoms with E-state index in [1.165, 1.54) is 0 Å². The minimum Gasteiger partial charge on any atom is -0.437 e. The Kier molecular flexibility index (Phi) is 5.26. The summed E-state index contributed by atoms with van der Waals surface area (Å²) in [6, 6.07) is 5.26. The lowest BCUT2D eigenvalue weighted by Crippen LogP contribution is -2.05. The first-order valence-electron chi connectivity index (χ1n) is 6.74. The number of aromatic nitrogens is 2. The van der Waals surface area contributed by atoms with Crippen molar-refractivity contribution in [1.82, 2.24) is 9.97 Å². The fourth-order valence-electron chi connectivity index (χ4n) is 1.89. The third-order valence-electron chi connectivity index (χ3n) is 2.98. The third kappa shape index (κ3) is 3.57. The SMILES string of the molecule is CCCc1nc(NC)c(C)c(Oc2cccc(Cl)c2Cl)n1. The number of hydrogen-bond donors (Lipinski definition) is 1. The van der Waals surface area contributed by atoms with E-state index < -0.39 is 0 Å². The van der Waals surface area contributed by atoms with Crippen molar-refractivity contribution in [1.29, 1.82) is 0 Å². The van der Waals surface area contributed by atoms with E-state index in [0.717, 1.165) is 30.0 Å². The number of halogens is 2. The highest BCUT2D eigenvalue weighted by Crippen LogP contribution is 2.35. The summed E-state index contributed by atoms with van der Waals surface area (Å²) in [5.74, 6) is 2.46. The Bertz CT molecular complexity index is 647. The van der Waals surface area contributed by atoms with Crippen LogP contribution in [0.5, 0.6) is 11.6 Å². The van der Waals surface area contributed by atoms with Crippen molar-refractivity contribution < 1.29 is 4.74 Å². The molecule has 0 unspecified atom stereocenters. The van der Waals surface area contributed by atoms with Crippen LogP contribution >= 0.6 is 23.2 Å². The molecule has 112 valence electrons. The molecular weight excluding hydrogens is 309 g/mol. The molecule has 1 N–H and O–H groups in total. The molecule has 0 spiro atoms. The topological polar surface area (TPSA) is 47.0 Å². The van der Waals surface area contributed by atoms with Gasteiger partial charge in [0.05, 0.1) is 10.6 Å². The molecule has 6 heteroatoms. The van der Waals surface area contributed by atoms with E-state index in [-0.39, 0.29) is 0 Å². The molecule has 0 saturated heterocycles. The summed E-state index contributed by atoms with van der Waals surface area (Å²) in [5, 5.41) is 3.88. The van der Waals surface area contributed by atoms with Crippen LogP contribution in [0.3, 0.4) is 0 Å². The van der Waals surface area contributed by atoms with E-state index in [1.807, 2.05) is 14.0 Å². The maximum Gasteiger partial charge on any atom is 0.227 e. The van der Waals surface area contributed by atoms with Gasteiger partial charge >= 0.3 is 0 Å². The molecule has 0 aliphatic carbocycles. The van der Waals surface area contributed by atoms with Crippen molar-refractivity contribution in [2.45, 2.75) is 26.7 Å². The van der Waals surface area contributed by atoms with Gasteiger partial charge in [-0.2, -0.15) is 4.98 Å². The fourth-order valence-corrected chi connectivity index (χ4v) is 2.22. The van der Waals surface area contributed by atoms with Gasteiger partial charge in [-0.05, 0) is 25.5 Å². The summed E-state index contributed by atoms with van der Waals surface area (Å²) in [4.78, 5) is 8.92. The molecule has 1 aromatic carbocycles. The first kappa shape index (κ1) is 15.9. The Morgan fingerprint density at radius 1 is 1.24 bits per heavy atom. The Morgan fingerprint density at radius 3 is 2.67 bits per heavy atom. The van der Waals surface area contributed by atoms with Crippen molar-refractivity contribution in [2.24, 2.45) is 0 Å². The number of aryl methyl sites for hydroxylation is 1. The van der Waals surface area contributed by atoms with Crippen molar-refractivity contribution in [3.63, 3.8) is 0 Å². The largest absolute Gasteiger partial charge is 0.437 e. The van der Waals surface area contributed by atoms with Crippen molar-refractivity contribution in [2.75, 3.05) is 12.4 Å². The summed E-state index contributed by atoms with van der Waals surface area (Å²) in [6.07, 6.45) is 1.75. The number of rotatable bonds is 5. The number of nitrogens with zero attached hydrogens (tertiary/aromatic N) is 2. The lowest BCUT2D eigenvalue weighted by molar-refractivity contribution is 0.455. The molecule has 0 saturated carbocycles. The van der Waals surface area contributed by atoms with Gasteiger partial charge in [-0.3, -0.25) is 0 Å². The van der Waals surface area contributed by atoms with Crippen LogP contribution in [0.2, 0.25) is 10.0 Å². The van der Waals surface area contributed by atoms with Gasteiger partial charge in [0, 0.05) is 13.5 Å². The number of nitrogens with one attached hydrogen (secondary N) is 1. The predicted molar refractivity (Wildman–Crippen MR) is 86.8 cm³/mol. The molecule has 0 fully saturated rings.